The molecule has 0 aliphatic heterocycles. The maximum atomic E-state index is 10.5. The van der Waals surface area contributed by atoms with Gasteiger partial charge in [0.25, 0.3) is 0 Å². The Kier molecular flexibility index (Phi) is 1.26. The molecule has 0 saturated heterocycles. The second kappa shape index (κ2) is 1.98. The molecular formula is C7H11OP. The Morgan fingerprint density at radius 1 is 1.44 bits per heavy atom. The van der Waals surface area contributed by atoms with E-state index in [1.165, 1.54) is 31.0 Å². The molecule has 3 unspecified atom stereocenters. The molecular weight excluding hydrogens is 131 g/mol. The number of fused-ring (bicyclic) bond motifs is 2. The average Bonchev–Trinajstić information content (AvgIpc) is 2.45. The predicted molar refractivity (Wildman–Crippen MR) is 39.5 cm³/mol. The SMILES string of the molecule is O=[PH]=C1CC2CCC1C2. The smallest absolute Gasteiger partial charge is 0.0822 e. The summed E-state index contributed by atoms with van der Waals surface area (Å²) in [4.78, 5) is 0. The van der Waals surface area contributed by atoms with E-state index < -0.39 is 0 Å². The highest BCUT2D eigenvalue weighted by molar-refractivity contribution is 7.27. The summed E-state index contributed by atoms with van der Waals surface area (Å²) < 4.78 is 10.5. The zero-order chi connectivity index (χ0) is 6.27. The molecule has 0 aromatic heterocycles. The van der Waals surface area contributed by atoms with Crippen LogP contribution in [0, 0.1) is 11.8 Å². The summed E-state index contributed by atoms with van der Waals surface area (Å²) in [6.45, 7) is 0. The van der Waals surface area contributed by atoms with Crippen LogP contribution in [0.4, 0.5) is 0 Å². The highest BCUT2D eigenvalue weighted by atomic mass is 31.0. The maximum Gasteiger partial charge on any atom is 0.0822 e. The van der Waals surface area contributed by atoms with Crippen molar-refractivity contribution >= 4 is 13.4 Å². The first kappa shape index (κ1) is 5.73. The van der Waals surface area contributed by atoms with Crippen molar-refractivity contribution in [1.29, 1.82) is 0 Å². The number of rotatable bonds is 0. The van der Waals surface area contributed by atoms with Crippen molar-refractivity contribution in [3.05, 3.63) is 0 Å². The van der Waals surface area contributed by atoms with Crippen molar-refractivity contribution in [2.24, 2.45) is 11.8 Å². The first-order valence-electron chi connectivity index (χ1n) is 3.64. The molecule has 2 bridgehead atoms. The van der Waals surface area contributed by atoms with Gasteiger partial charge in [-0.25, -0.2) is 0 Å². The third-order valence-corrected chi connectivity index (χ3v) is 3.55. The Morgan fingerprint density at radius 2 is 2.33 bits per heavy atom. The number of hydrogen-bond acceptors (Lipinski definition) is 1. The molecule has 2 fully saturated rings. The van der Waals surface area contributed by atoms with Gasteiger partial charge in [0.1, 0.15) is 0 Å². The van der Waals surface area contributed by atoms with E-state index in [9.17, 15) is 4.57 Å². The van der Waals surface area contributed by atoms with E-state index in [1.54, 1.807) is 0 Å². The van der Waals surface area contributed by atoms with Gasteiger partial charge in [-0.15, -0.1) is 0 Å². The monoisotopic (exact) mass is 142 g/mol. The highest BCUT2D eigenvalue weighted by Gasteiger charge is 2.35. The van der Waals surface area contributed by atoms with Gasteiger partial charge in [-0.1, -0.05) is 0 Å². The fourth-order valence-corrected chi connectivity index (χ4v) is 2.98. The molecule has 0 spiro atoms. The van der Waals surface area contributed by atoms with Crippen LogP contribution in [0.5, 0.6) is 0 Å². The third kappa shape index (κ3) is 0.789. The Bertz CT molecular complexity index is 181. The molecule has 2 aliphatic rings. The van der Waals surface area contributed by atoms with E-state index in [2.05, 4.69) is 0 Å². The van der Waals surface area contributed by atoms with Crippen LogP contribution in [0.1, 0.15) is 25.7 Å². The van der Waals surface area contributed by atoms with Crippen molar-refractivity contribution < 1.29 is 4.57 Å². The Morgan fingerprint density at radius 3 is 2.67 bits per heavy atom. The zero-order valence-electron chi connectivity index (χ0n) is 5.39. The van der Waals surface area contributed by atoms with Crippen LogP contribution in [0.15, 0.2) is 0 Å². The van der Waals surface area contributed by atoms with E-state index in [1.807, 2.05) is 0 Å². The molecule has 2 saturated carbocycles. The normalized spacial score (nSPS) is 40.7. The second-order valence-electron chi connectivity index (χ2n) is 3.21. The summed E-state index contributed by atoms with van der Waals surface area (Å²) in [6, 6.07) is 0. The van der Waals surface area contributed by atoms with Crippen molar-refractivity contribution in [3.8, 4) is 0 Å². The molecule has 0 N–H and O–H groups in total. The van der Waals surface area contributed by atoms with Crippen LogP contribution < -0.4 is 0 Å². The minimum Gasteiger partial charge on any atom is -0.286 e. The Hall–Kier alpha value is -0.0300. The fraction of sp³-hybridized carbons (Fsp3) is 0.857. The second-order valence-corrected chi connectivity index (χ2v) is 4.05. The summed E-state index contributed by atoms with van der Waals surface area (Å²) in [6.07, 6.45) is 5.27. The summed E-state index contributed by atoms with van der Waals surface area (Å²) in [5, 5.41) is 1.35. The summed E-state index contributed by atoms with van der Waals surface area (Å²) in [5.41, 5.74) is 0. The van der Waals surface area contributed by atoms with Crippen LogP contribution in [-0.2, 0) is 4.57 Å². The van der Waals surface area contributed by atoms with E-state index in [0.717, 1.165) is 11.8 Å². The van der Waals surface area contributed by atoms with Crippen LogP contribution >= 0.6 is 8.08 Å². The van der Waals surface area contributed by atoms with E-state index in [4.69, 9.17) is 0 Å². The Labute approximate surface area is 56.3 Å². The molecule has 0 aromatic rings. The third-order valence-electron chi connectivity index (χ3n) is 2.67. The van der Waals surface area contributed by atoms with Crippen LogP contribution in [0.25, 0.3) is 0 Å². The standard InChI is InChI=1S/C7H11OP/c8-9-7-4-5-1-2-6(7)3-5/h5-6,9H,1-4H2. The minimum absolute atomic E-state index is 0.104. The van der Waals surface area contributed by atoms with Gasteiger partial charge < -0.3 is 0 Å². The van der Waals surface area contributed by atoms with Gasteiger partial charge in [0.05, 0.1) is 8.08 Å². The summed E-state index contributed by atoms with van der Waals surface area (Å²) in [5.74, 6) is 1.69. The molecule has 3 atom stereocenters. The molecule has 0 aromatic carbocycles. The average molecular weight is 142 g/mol. The molecule has 0 heterocycles. The molecule has 1 nitrogen and oxygen atoms in total. The topological polar surface area (TPSA) is 17.1 Å². The lowest BCUT2D eigenvalue weighted by atomic mass is 10.0. The lowest BCUT2D eigenvalue weighted by Crippen LogP contribution is -2.05. The van der Waals surface area contributed by atoms with Gasteiger partial charge in [0.2, 0.25) is 0 Å². The van der Waals surface area contributed by atoms with Crippen LogP contribution in [0.3, 0.4) is 0 Å². The quantitative estimate of drug-likeness (QED) is 0.473. The van der Waals surface area contributed by atoms with Crippen LogP contribution in [0.2, 0.25) is 0 Å². The van der Waals surface area contributed by atoms with E-state index >= 15 is 0 Å². The number of hydrogen-bond donors (Lipinski definition) is 0. The van der Waals surface area contributed by atoms with E-state index in [-0.39, 0.29) is 8.08 Å². The lowest BCUT2D eigenvalue weighted by Gasteiger charge is -2.08. The first-order chi connectivity index (χ1) is 4.40. The van der Waals surface area contributed by atoms with Gasteiger partial charge in [0, 0.05) is 0 Å². The minimum atomic E-state index is -0.104. The van der Waals surface area contributed by atoms with Crippen molar-refractivity contribution in [2.45, 2.75) is 25.7 Å². The van der Waals surface area contributed by atoms with Crippen molar-refractivity contribution in [1.82, 2.24) is 0 Å². The predicted octanol–water partition coefficient (Wildman–Crippen LogP) is 2.00. The van der Waals surface area contributed by atoms with Gasteiger partial charge >= 0.3 is 0 Å². The maximum absolute atomic E-state index is 10.5. The first-order valence-corrected chi connectivity index (χ1v) is 4.55. The summed E-state index contributed by atoms with van der Waals surface area (Å²) >= 11 is 0. The molecule has 0 amide bonds. The molecule has 2 heteroatoms. The largest absolute Gasteiger partial charge is 0.286 e. The molecule has 2 rings (SSSR count). The summed E-state index contributed by atoms with van der Waals surface area (Å²) in [7, 11) is -0.104. The highest BCUT2D eigenvalue weighted by Crippen LogP contribution is 2.43. The van der Waals surface area contributed by atoms with Gasteiger partial charge in [-0.2, -0.15) is 0 Å². The fourth-order valence-electron chi connectivity index (χ4n) is 2.18. The van der Waals surface area contributed by atoms with Gasteiger partial charge in [-0.3, -0.25) is 4.57 Å². The zero-order valence-corrected chi connectivity index (χ0v) is 6.39. The van der Waals surface area contributed by atoms with Crippen molar-refractivity contribution in [3.63, 3.8) is 0 Å². The molecule has 50 valence electrons. The van der Waals surface area contributed by atoms with E-state index in [0.29, 0.717) is 0 Å². The van der Waals surface area contributed by atoms with Gasteiger partial charge in [-0.05, 0) is 42.8 Å². The van der Waals surface area contributed by atoms with Gasteiger partial charge in [0.15, 0.2) is 0 Å². The Balaban J connectivity index is 2.28. The lowest BCUT2D eigenvalue weighted by molar-refractivity contribution is 0.590. The molecule has 2 aliphatic carbocycles. The van der Waals surface area contributed by atoms with Crippen LogP contribution in [-0.4, -0.2) is 5.29 Å². The molecule has 0 radical (unpaired) electrons. The molecule has 9 heavy (non-hydrogen) atoms. The van der Waals surface area contributed by atoms with Crippen molar-refractivity contribution in [2.75, 3.05) is 0 Å².